The Morgan fingerprint density at radius 1 is 0.781 bits per heavy atom. The number of benzene rings is 3. The van der Waals surface area contributed by atoms with Crippen LogP contribution in [0.4, 0.5) is 11.4 Å². The van der Waals surface area contributed by atoms with Crippen LogP contribution in [-0.2, 0) is 0 Å². The maximum Gasteiger partial charge on any atom is 0.257 e. The maximum atomic E-state index is 12.5. The smallest absolute Gasteiger partial charge is 0.257 e. The topological polar surface area (TPSA) is 88.7 Å². The highest BCUT2D eigenvalue weighted by molar-refractivity contribution is 7.80. The van der Waals surface area contributed by atoms with Crippen LogP contribution >= 0.6 is 23.8 Å². The second-order valence-electron chi connectivity index (χ2n) is 6.55. The Morgan fingerprint density at radius 2 is 1.38 bits per heavy atom. The highest BCUT2D eigenvalue weighted by Crippen LogP contribution is 2.22. The SMILES string of the molecule is COc1cc(OC)cc(C(=O)NC(=S)Nc2ccc(NC(=O)c3cccc(Cl)c3)cc2)c1. The normalized spacial score (nSPS) is 10.1. The predicted molar refractivity (Wildman–Crippen MR) is 129 cm³/mol. The minimum absolute atomic E-state index is 0.118. The lowest BCUT2D eigenvalue weighted by Gasteiger charge is -2.12. The first-order valence-corrected chi connectivity index (χ1v) is 10.2. The van der Waals surface area contributed by atoms with Crippen LogP contribution in [0.25, 0.3) is 0 Å². The van der Waals surface area contributed by atoms with Gasteiger partial charge < -0.3 is 20.1 Å². The molecule has 3 rings (SSSR count). The van der Waals surface area contributed by atoms with Gasteiger partial charge in [0.15, 0.2) is 5.11 Å². The molecule has 7 nitrogen and oxygen atoms in total. The summed E-state index contributed by atoms with van der Waals surface area (Å²) in [7, 11) is 3.01. The van der Waals surface area contributed by atoms with E-state index in [9.17, 15) is 9.59 Å². The Bertz CT molecular complexity index is 1130. The van der Waals surface area contributed by atoms with Gasteiger partial charge in [-0.05, 0) is 66.8 Å². The van der Waals surface area contributed by atoms with Gasteiger partial charge in [-0.2, -0.15) is 0 Å². The number of rotatable bonds is 6. The Balaban J connectivity index is 1.59. The fourth-order valence-electron chi connectivity index (χ4n) is 2.75. The molecule has 2 amide bonds. The van der Waals surface area contributed by atoms with Crippen LogP contribution in [0.1, 0.15) is 20.7 Å². The van der Waals surface area contributed by atoms with Gasteiger partial charge in [0.2, 0.25) is 0 Å². The number of ether oxygens (including phenoxy) is 2. The first-order chi connectivity index (χ1) is 15.4. The van der Waals surface area contributed by atoms with Gasteiger partial charge in [0, 0.05) is 33.6 Å². The van der Waals surface area contributed by atoms with E-state index in [1.54, 1.807) is 66.7 Å². The van der Waals surface area contributed by atoms with Gasteiger partial charge in [-0.15, -0.1) is 0 Å². The number of carbonyl (C=O) groups excluding carboxylic acids is 2. The van der Waals surface area contributed by atoms with E-state index in [-0.39, 0.29) is 11.0 Å². The van der Waals surface area contributed by atoms with Crippen molar-refractivity contribution in [2.24, 2.45) is 0 Å². The van der Waals surface area contributed by atoms with E-state index in [0.29, 0.717) is 39.0 Å². The molecule has 32 heavy (non-hydrogen) atoms. The number of amides is 2. The van der Waals surface area contributed by atoms with E-state index in [0.717, 1.165) is 0 Å². The summed E-state index contributed by atoms with van der Waals surface area (Å²) >= 11 is 11.1. The minimum atomic E-state index is -0.412. The van der Waals surface area contributed by atoms with Gasteiger partial charge in [0.25, 0.3) is 11.8 Å². The number of carbonyl (C=O) groups is 2. The molecule has 0 radical (unpaired) electrons. The van der Waals surface area contributed by atoms with Crippen LogP contribution in [0.3, 0.4) is 0 Å². The monoisotopic (exact) mass is 469 g/mol. The van der Waals surface area contributed by atoms with E-state index < -0.39 is 5.91 Å². The summed E-state index contributed by atoms with van der Waals surface area (Å²) in [6, 6.07) is 18.4. The number of methoxy groups -OCH3 is 2. The van der Waals surface area contributed by atoms with Gasteiger partial charge in [0.1, 0.15) is 11.5 Å². The van der Waals surface area contributed by atoms with Gasteiger partial charge in [-0.3, -0.25) is 14.9 Å². The average Bonchev–Trinajstić information content (AvgIpc) is 2.79. The van der Waals surface area contributed by atoms with E-state index in [1.807, 2.05) is 0 Å². The summed E-state index contributed by atoms with van der Waals surface area (Å²) in [5.74, 6) is 0.294. The molecule has 0 bridgehead atoms. The molecule has 0 saturated heterocycles. The van der Waals surface area contributed by atoms with Crippen molar-refractivity contribution in [2.75, 3.05) is 24.9 Å². The second-order valence-corrected chi connectivity index (χ2v) is 7.40. The number of thiocarbonyl (C=S) groups is 1. The Morgan fingerprint density at radius 3 is 1.94 bits per heavy atom. The highest BCUT2D eigenvalue weighted by Gasteiger charge is 2.12. The molecule has 0 aliphatic rings. The lowest BCUT2D eigenvalue weighted by molar-refractivity contribution is 0.0975. The van der Waals surface area contributed by atoms with Gasteiger partial charge in [0.05, 0.1) is 14.2 Å². The van der Waals surface area contributed by atoms with Gasteiger partial charge >= 0.3 is 0 Å². The molecule has 0 aliphatic carbocycles. The third-order valence-corrected chi connectivity index (χ3v) is 4.77. The zero-order chi connectivity index (χ0) is 23.1. The molecule has 0 aliphatic heterocycles. The van der Waals surface area contributed by atoms with E-state index in [4.69, 9.17) is 33.3 Å². The van der Waals surface area contributed by atoms with Crippen LogP contribution in [-0.4, -0.2) is 31.1 Å². The molecule has 0 spiro atoms. The molecule has 0 aromatic heterocycles. The van der Waals surface area contributed by atoms with E-state index in [2.05, 4.69) is 16.0 Å². The summed E-state index contributed by atoms with van der Waals surface area (Å²) < 4.78 is 10.4. The number of halogens is 1. The first-order valence-electron chi connectivity index (χ1n) is 9.40. The Hall–Kier alpha value is -3.62. The standard InChI is InChI=1S/C23H20ClN3O4S/c1-30-19-11-15(12-20(13-19)31-2)22(29)27-23(32)26-18-8-6-17(7-9-18)25-21(28)14-4-3-5-16(24)10-14/h3-13H,1-2H3,(H,25,28)(H2,26,27,29,32). The summed E-state index contributed by atoms with van der Waals surface area (Å²) in [6.07, 6.45) is 0. The predicted octanol–water partition coefficient (Wildman–Crippen LogP) is 4.74. The van der Waals surface area contributed by atoms with Crippen LogP contribution in [0.15, 0.2) is 66.7 Å². The second kappa shape index (κ2) is 10.6. The van der Waals surface area contributed by atoms with Crippen LogP contribution in [0.2, 0.25) is 5.02 Å². The van der Waals surface area contributed by atoms with Gasteiger partial charge in [-0.25, -0.2) is 0 Å². The molecular weight excluding hydrogens is 450 g/mol. The summed E-state index contributed by atoms with van der Waals surface area (Å²) in [5.41, 5.74) is 2.03. The van der Waals surface area contributed by atoms with E-state index in [1.165, 1.54) is 14.2 Å². The molecule has 0 saturated carbocycles. The quantitative estimate of drug-likeness (QED) is 0.452. The van der Waals surface area contributed by atoms with Crippen molar-refractivity contribution in [2.45, 2.75) is 0 Å². The van der Waals surface area contributed by atoms with Crippen molar-refractivity contribution < 1.29 is 19.1 Å². The molecule has 0 unspecified atom stereocenters. The summed E-state index contributed by atoms with van der Waals surface area (Å²) in [6.45, 7) is 0. The van der Waals surface area contributed by atoms with Crippen molar-refractivity contribution in [3.63, 3.8) is 0 Å². The van der Waals surface area contributed by atoms with Crippen LogP contribution in [0, 0.1) is 0 Å². The third-order valence-electron chi connectivity index (χ3n) is 4.33. The van der Waals surface area contributed by atoms with Gasteiger partial charge in [-0.1, -0.05) is 17.7 Å². The molecule has 164 valence electrons. The Labute approximate surface area is 195 Å². The van der Waals surface area contributed by atoms with Crippen molar-refractivity contribution in [1.29, 1.82) is 0 Å². The lowest BCUT2D eigenvalue weighted by Crippen LogP contribution is -2.34. The third kappa shape index (κ3) is 6.19. The number of hydrogen-bond acceptors (Lipinski definition) is 5. The zero-order valence-corrected chi connectivity index (χ0v) is 18.8. The van der Waals surface area contributed by atoms with E-state index >= 15 is 0 Å². The maximum absolute atomic E-state index is 12.5. The Kier molecular flexibility index (Phi) is 7.64. The molecule has 3 N–H and O–H groups in total. The molecule has 0 fully saturated rings. The molecular formula is C23H20ClN3O4S. The number of nitrogens with one attached hydrogen (secondary N) is 3. The molecule has 3 aromatic rings. The fraction of sp³-hybridized carbons (Fsp3) is 0.0870. The van der Waals surface area contributed by atoms with Crippen molar-refractivity contribution in [1.82, 2.24) is 5.32 Å². The lowest BCUT2D eigenvalue weighted by atomic mass is 10.2. The number of anilines is 2. The first kappa shape index (κ1) is 23.1. The number of hydrogen-bond donors (Lipinski definition) is 3. The largest absolute Gasteiger partial charge is 0.497 e. The van der Waals surface area contributed by atoms with Crippen molar-refractivity contribution in [3.05, 3.63) is 82.9 Å². The minimum Gasteiger partial charge on any atom is -0.497 e. The molecule has 9 heteroatoms. The molecule has 3 aromatic carbocycles. The van der Waals surface area contributed by atoms with Crippen molar-refractivity contribution in [3.8, 4) is 11.5 Å². The summed E-state index contributed by atoms with van der Waals surface area (Å²) in [5, 5.41) is 8.93. The fourth-order valence-corrected chi connectivity index (χ4v) is 3.15. The van der Waals surface area contributed by atoms with Crippen LogP contribution in [0.5, 0.6) is 11.5 Å². The van der Waals surface area contributed by atoms with Crippen LogP contribution < -0.4 is 25.4 Å². The molecule has 0 heterocycles. The highest BCUT2D eigenvalue weighted by atomic mass is 35.5. The average molecular weight is 470 g/mol. The zero-order valence-electron chi connectivity index (χ0n) is 17.3. The molecule has 0 atom stereocenters. The van der Waals surface area contributed by atoms with Crippen molar-refractivity contribution >= 4 is 52.1 Å². The summed E-state index contributed by atoms with van der Waals surface area (Å²) in [4.78, 5) is 24.8.